The van der Waals surface area contributed by atoms with Gasteiger partial charge in [-0.1, -0.05) is 73.9 Å². The second-order valence-corrected chi connectivity index (χ2v) is 4.18. The molecule has 21 heavy (non-hydrogen) atoms. The number of rotatable bonds is 6. The Balaban J connectivity index is 0.000000219. The molecule has 1 aromatic carbocycles. The molecule has 1 aliphatic heterocycles. The number of carbonyl (C=O) groups is 1. The van der Waals surface area contributed by atoms with E-state index in [9.17, 15) is 4.79 Å². The van der Waals surface area contributed by atoms with Gasteiger partial charge < -0.3 is 9.47 Å². The number of carbonyl (C=O) groups excluding carboxylic acids is 1. The zero-order chi connectivity index (χ0) is 15.3. The van der Waals surface area contributed by atoms with E-state index in [1.807, 2.05) is 36.4 Å². The van der Waals surface area contributed by atoms with Crippen LogP contribution >= 0.6 is 0 Å². The van der Waals surface area contributed by atoms with Crippen LogP contribution < -0.4 is 0 Å². The van der Waals surface area contributed by atoms with Crippen molar-refractivity contribution in [3.05, 3.63) is 79.4 Å². The molecule has 1 fully saturated rings. The first-order valence-electron chi connectivity index (χ1n) is 6.68. The lowest BCUT2D eigenvalue weighted by molar-refractivity contribution is -0.138. The van der Waals surface area contributed by atoms with Crippen LogP contribution in [0.3, 0.4) is 0 Å². The quantitative estimate of drug-likeness (QED) is 0.347. The van der Waals surface area contributed by atoms with Crippen molar-refractivity contribution in [2.45, 2.75) is 6.10 Å². The Labute approximate surface area is 125 Å². The van der Waals surface area contributed by atoms with Gasteiger partial charge in [0.05, 0.1) is 6.61 Å². The molecule has 0 saturated carbocycles. The van der Waals surface area contributed by atoms with Gasteiger partial charge in [0.25, 0.3) is 0 Å². The van der Waals surface area contributed by atoms with Crippen LogP contribution in [0.4, 0.5) is 0 Å². The zero-order valence-corrected chi connectivity index (χ0v) is 12.0. The molecule has 1 saturated heterocycles. The van der Waals surface area contributed by atoms with Crippen LogP contribution in [0.25, 0.3) is 6.08 Å². The molecule has 1 atom stereocenters. The molecule has 110 valence electrons. The molecule has 0 bridgehead atoms. The number of allylic oxidation sites excluding steroid dienone is 4. The molecule has 0 aromatic heterocycles. The van der Waals surface area contributed by atoms with Crippen LogP contribution in [-0.4, -0.2) is 25.3 Å². The highest BCUT2D eigenvalue weighted by Gasteiger charge is 2.23. The fraction of sp³-hybridized carbons (Fsp3) is 0.167. The highest BCUT2D eigenvalue weighted by Crippen LogP contribution is 2.08. The summed E-state index contributed by atoms with van der Waals surface area (Å²) in [5.41, 5.74) is 1.21. The minimum Gasteiger partial charge on any atom is -0.460 e. The Morgan fingerprint density at radius 3 is 2.52 bits per heavy atom. The van der Waals surface area contributed by atoms with E-state index in [1.54, 1.807) is 6.08 Å². The van der Waals surface area contributed by atoms with Crippen molar-refractivity contribution in [1.29, 1.82) is 0 Å². The normalized spacial score (nSPS) is 16.1. The molecule has 0 amide bonds. The largest absolute Gasteiger partial charge is 0.460 e. The van der Waals surface area contributed by atoms with Crippen LogP contribution in [0.15, 0.2) is 73.9 Å². The van der Waals surface area contributed by atoms with Gasteiger partial charge in [-0.25, -0.2) is 4.79 Å². The number of ether oxygens (including phenoxy) is 2. The molecule has 3 nitrogen and oxygen atoms in total. The monoisotopic (exact) mass is 284 g/mol. The Morgan fingerprint density at radius 1 is 1.24 bits per heavy atom. The first-order chi connectivity index (χ1) is 10.3. The van der Waals surface area contributed by atoms with Crippen molar-refractivity contribution in [3.63, 3.8) is 0 Å². The number of epoxide rings is 1. The van der Waals surface area contributed by atoms with Crippen LogP contribution in [0, 0.1) is 0 Å². The van der Waals surface area contributed by atoms with E-state index in [1.165, 1.54) is 5.56 Å². The lowest BCUT2D eigenvalue weighted by Crippen LogP contribution is -2.06. The zero-order valence-electron chi connectivity index (χ0n) is 12.0. The third-order valence-electron chi connectivity index (χ3n) is 2.43. The summed E-state index contributed by atoms with van der Waals surface area (Å²) in [5.74, 6) is -0.384. The predicted octanol–water partition coefficient (Wildman–Crippen LogP) is 3.56. The Hall–Kier alpha value is -2.39. The topological polar surface area (TPSA) is 38.8 Å². The van der Waals surface area contributed by atoms with Gasteiger partial charge in [0.15, 0.2) is 0 Å². The highest BCUT2D eigenvalue weighted by atomic mass is 16.6. The Morgan fingerprint density at radius 2 is 1.95 bits per heavy atom. The predicted molar refractivity (Wildman–Crippen MR) is 85.7 cm³/mol. The Bertz CT molecular complexity index is 496. The third kappa shape index (κ3) is 9.19. The van der Waals surface area contributed by atoms with E-state index in [0.29, 0.717) is 13.2 Å². The molecule has 1 aliphatic rings. The minimum absolute atomic E-state index is 0.147. The van der Waals surface area contributed by atoms with Crippen molar-refractivity contribution in [2.75, 3.05) is 13.2 Å². The lowest BCUT2D eigenvalue weighted by Gasteiger charge is -1.94. The van der Waals surface area contributed by atoms with E-state index in [2.05, 4.69) is 36.1 Å². The van der Waals surface area contributed by atoms with Gasteiger partial charge in [-0.3, -0.25) is 0 Å². The van der Waals surface area contributed by atoms with Gasteiger partial charge in [0, 0.05) is 6.08 Å². The van der Waals surface area contributed by atoms with E-state index in [-0.39, 0.29) is 12.1 Å². The van der Waals surface area contributed by atoms with Crippen LogP contribution in [0.1, 0.15) is 5.56 Å². The second kappa shape index (κ2) is 10.4. The molecule has 0 spiro atoms. The maximum Gasteiger partial charge on any atom is 0.330 e. The second-order valence-electron chi connectivity index (χ2n) is 4.18. The van der Waals surface area contributed by atoms with E-state index < -0.39 is 0 Å². The molecule has 1 aromatic rings. The summed E-state index contributed by atoms with van der Waals surface area (Å²) in [5, 5.41) is 0. The highest BCUT2D eigenvalue weighted by molar-refractivity contribution is 5.81. The Kier molecular flexibility index (Phi) is 8.26. The van der Waals surface area contributed by atoms with Crippen LogP contribution in [0.2, 0.25) is 0 Å². The summed E-state index contributed by atoms with van der Waals surface area (Å²) in [4.78, 5) is 10.3. The van der Waals surface area contributed by atoms with Gasteiger partial charge in [0.2, 0.25) is 0 Å². The van der Waals surface area contributed by atoms with E-state index in [0.717, 1.165) is 6.08 Å². The van der Waals surface area contributed by atoms with Gasteiger partial charge in [-0.15, -0.1) is 0 Å². The van der Waals surface area contributed by atoms with Gasteiger partial charge in [0.1, 0.15) is 12.7 Å². The van der Waals surface area contributed by atoms with Gasteiger partial charge >= 0.3 is 5.97 Å². The average molecular weight is 284 g/mol. The molecule has 2 rings (SSSR count). The number of esters is 1. The van der Waals surface area contributed by atoms with E-state index >= 15 is 0 Å². The van der Waals surface area contributed by atoms with Crippen molar-refractivity contribution in [1.82, 2.24) is 0 Å². The summed E-state index contributed by atoms with van der Waals surface area (Å²) >= 11 is 0. The van der Waals surface area contributed by atoms with Crippen molar-refractivity contribution in [3.8, 4) is 0 Å². The average Bonchev–Trinajstić information content (AvgIpc) is 3.35. The van der Waals surface area contributed by atoms with Gasteiger partial charge in [-0.05, 0) is 5.56 Å². The maximum absolute atomic E-state index is 10.3. The molecule has 0 N–H and O–H groups in total. The standard InChI is InChI=1S/C12H12.C6H8O3/c1-2-3-4-6-9-12-10-7-5-8-11-12;1-2-6(7)9-4-5-3-8-5/h2-11H,1H2;2,5H,1,3-4H2. The fourth-order valence-electron chi connectivity index (χ4n) is 1.27. The molecule has 3 heteroatoms. The smallest absolute Gasteiger partial charge is 0.330 e. The van der Waals surface area contributed by atoms with E-state index in [4.69, 9.17) is 4.74 Å². The summed E-state index contributed by atoms with van der Waals surface area (Å²) in [7, 11) is 0. The summed E-state index contributed by atoms with van der Waals surface area (Å²) in [6, 6.07) is 10.2. The van der Waals surface area contributed by atoms with Crippen LogP contribution in [-0.2, 0) is 14.3 Å². The summed E-state index contributed by atoms with van der Waals surface area (Å²) in [6.45, 7) is 7.91. The first-order valence-corrected chi connectivity index (χ1v) is 6.68. The molecular weight excluding hydrogens is 264 g/mol. The van der Waals surface area contributed by atoms with Crippen LogP contribution in [0.5, 0.6) is 0 Å². The molecule has 0 radical (unpaired) electrons. The van der Waals surface area contributed by atoms with Gasteiger partial charge in [-0.2, -0.15) is 0 Å². The molecule has 1 unspecified atom stereocenters. The number of hydrogen-bond acceptors (Lipinski definition) is 3. The fourth-order valence-corrected chi connectivity index (χ4v) is 1.27. The third-order valence-corrected chi connectivity index (χ3v) is 2.43. The number of hydrogen-bond donors (Lipinski definition) is 0. The molecule has 1 heterocycles. The maximum atomic E-state index is 10.3. The number of benzene rings is 1. The summed E-state index contributed by atoms with van der Waals surface area (Å²) in [6.07, 6.45) is 11.0. The molecule has 0 aliphatic carbocycles. The van der Waals surface area contributed by atoms with Crippen molar-refractivity contribution in [2.24, 2.45) is 0 Å². The van der Waals surface area contributed by atoms with Crippen molar-refractivity contribution < 1.29 is 14.3 Å². The minimum atomic E-state index is -0.384. The SMILES string of the molecule is C=CC(=O)OCC1CO1.C=CC=CC=Cc1ccccc1. The lowest BCUT2D eigenvalue weighted by atomic mass is 10.2. The molecular formula is C18H20O3. The van der Waals surface area contributed by atoms with Crippen molar-refractivity contribution >= 4 is 12.0 Å². The first kappa shape index (κ1) is 16.7. The summed E-state index contributed by atoms with van der Waals surface area (Å²) < 4.78 is 9.42.